The summed E-state index contributed by atoms with van der Waals surface area (Å²) in [5.41, 5.74) is 1.55. The summed E-state index contributed by atoms with van der Waals surface area (Å²) in [7, 11) is 0. The second kappa shape index (κ2) is 9.76. The molecule has 2 N–H and O–H groups in total. The van der Waals surface area contributed by atoms with E-state index < -0.39 is 23.8 Å². The molecule has 0 saturated carbocycles. The Hall–Kier alpha value is -2.16. The van der Waals surface area contributed by atoms with E-state index in [2.05, 4.69) is 22.3 Å². The zero-order valence-electron chi connectivity index (χ0n) is 18.1. The molecular formula is C22H33N3O5. The third-order valence-corrected chi connectivity index (χ3v) is 5.21. The molecule has 3 rings (SSSR count). The molecule has 2 heterocycles. The standard InChI is InChI=1S/C22H33N3O5/c1-22(2,3)30-21(28)25-15-18(26)12-19(25)20(27)23-13-16-4-6-17(7-5-16)14-24-8-10-29-11-9-24/h4-7,18-19,26H,8-15H2,1-3H3,(H,23,27)/t18-,19-/m0/s1. The van der Waals surface area contributed by atoms with E-state index in [1.807, 2.05) is 12.1 Å². The lowest BCUT2D eigenvalue weighted by Crippen LogP contribution is -2.47. The normalized spacial score (nSPS) is 22.7. The predicted molar refractivity (Wildman–Crippen MR) is 112 cm³/mol. The Balaban J connectivity index is 1.51. The number of nitrogens with one attached hydrogen (secondary N) is 1. The maximum atomic E-state index is 12.7. The Bertz CT molecular complexity index is 725. The molecule has 8 heteroatoms. The summed E-state index contributed by atoms with van der Waals surface area (Å²) in [5.74, 6) is -0.283. The summed E-state index contributed by atoms with van der Waals surface area (Å²) in [6.45, 7) is 10.1. The number of β-amino-alcohol motifs (C(OH)–C–C–N with tert-alkyl or cyclic N) is 1. The third-order valence-electron chi connectivity index (χ3n) is 5.21. The van der Waals surface area contributed by atoms with Crippen molar-refractivity contribution in [3.05, 3.63) is 35.4 Å². The molecule has 0 unspecified atom stereocenters. The number of morpholine rings is 1. The molecule has 2 saturated heterocycles. The van der Waals surface area contributed by atoms with E-state index in [0.29, 0.717) is 6.54 Å². The zero-order chi connectivity index (χ0) is 21.7. The van der Waals surface area contributed by atoms with Crippen molar-refractivity contribution in [3.63, 3.8) is 0 Å². The van der Waals surface area contributed by atoms with Crippen molar-refractivity contribution in [1.82, 2.24) is 15.1 Å². The Labute approximate surface area is 178 Å². The number of ether oxygens (including phenoxy) is 2. The lowest BCUT2D eigenvalue weighted by atomic mass is 10.1. The number of hydrogen-bond acceptors (Lipinski definition) is 6. The van der Waals surface area contributed by atoms with Gasteiger partial charge in [0.1, 0.15) is 11.6 Å². The fourth-order valence-electron chi connectivity index (χ4n) is 3.67. The Morgan fingerprint density at radius 2 is 1.80 bits per heavy atom. The van der Waals surface area contributed by atoms with E-state index in [0.717, 1.165) is 38.4 Å². The van der Waals surface area contributed by atoms with Crippen LogP contribution in [0.15, 0.2) is 24.3 Å². The number of nitrogens with zero attached hydrogens (tertiary/aromatic N) is 2. The number of aliphatic hydroxyl groups is 1. The number of hydrogen-bond donors (Lipinski definition) is 2. The van der Waals surface area contributed by atoms with Gasteiger partial charge in [-0.15, -0.1) is 0 Å². The Morgan fingerprint density at radius 1 is 1.17 bits per heavy atom. The molecule has 0 aromatic heterocycles. The largest absolute Gasteiger partial charge is 0.444 e. The van der Waals surface area contributed by atoms with Gasteiger partial charge in [-0.05, 0) is 31.9 Å². The SMILES string of the molecule is CC(C)(C)OC(=O)N1C[C@@H](O)C[C@H]1C(=O)NCc1ccc(CN2CCOCC2)cc1. The van der Waals surface area contributed by atoms with Crippen molar-refractivity contribution in [2.45, 2.75) is 58.0 Å². The summed E-state index contributed by atoms with van der Waals surface area (Å²) in [6.07, 6.45) is -1.09. The van der Waals surface area contributed by atoms with Gasteiger partial charge in [0.05, 0.1) is 25.9 Å². The average molecular weight is 420 g/mol. The van der Waals surface area contributed by atoms with E-state index in [1.54, 1.807) is 20.8 Å². The third kappa shape index (κ3) is 6.42. The van der Waals surface area contributed by atoms with Gasteiger partial charge >= 0.3 is 6.09 Å². The van der Waals surface area contributed by atoms with Crippen LogP contribution in [0.25, 0.3) is 0 Å². The van der Waals surface area contributed by atoms with Gasteiger partial charge in [0.15, 0.2) is 0 Å². The van der Waals surface area contributed by atoms with Gasteiger partial charge in [0.2, 0.25) is 5.91 Å². The van der Waals surface area contributed by atoms with Crippen molar-refractivity contribution >= 4 is 12.0 Å². The molecule has 1 aromatic carbocycles. The number of carbonyl (C=O) groups is 2. The fourth-order valence-corrected chi connectivity index (χ4v) is 3.67. The van der Waals surface area contributed by atoms with Crippen LogP contribution in [0.1, 0.15) is 38.3 Å². The summed E-state index contributed by atoms with van der Waals surface area (Å²) in [6, 6.07) is 7.43. The number of carbonyl (C=O) groups excluding carboxylic acids is 2. The molecule has 0 spiro atoms. The molecule has 0 aliphatic carbocycles. The van der Waals surface area contributed by atoms with Gasteiger partial charge in [-0.3, -0.25) is 14.6 Å². The van der Waals surface area contributed by atoms with Crippen LogP contribution in [0, 0.1) is 0 Å². The van der Waals surface area contributed by atoms with E-state index in [4.69, 9.17) is 9.47 Å². The molecule has 2 atom stereocenters. The molecule has 8 nitrogen and oxygen atoms in total. The highest BCUT2D eigenvalue weighted by Crippen LogP contribution is 2.21. The van der Waals surface area contributed by atoms with Gasteiger partial charge in [-0.1, -0.05) is 24.3 Å². The van der Waals surface area contributed by atoms with E-state index in [-0.39, 0.29) is 18.9 Å². The summed E-state index contributed by atoms with van der Waals surface area (Å²) >= 11 is 0. The molecule has 1 aromatic rings. The second-order valence-electron chi connectivity index (χ2n) is 8.96. The molecule has 2 fully saturated rings. The molecule has 0 bridgehead atoms. The van der Waals surface area contributed by atoms with Gasteiger partial charge in [-0.25, -0.2) is 4.79 Å². The van der Waals surface area contributed by atoms with Crippen LogP contribution in [0.5, 0.6) is 0 Å². The van der Waals surface area contributed by atoms with Crippen molar-refractivity contribution in [2.24, 2.45) is 0 Å². The highest BCUT2D eigenvalue weighted by molar-refractivity contribution is 5.86. The molecule has 2 aliphatic heterocycles. The van der Waals surface area contributed by atoms with Gasteiger partial charge < -0.3 is 19.9 Å². The van der Waals surface area contributed by atoms with E-state index >= 15 is 0 Å². The van der Waals surface area contributed by atoms with Crippen molar-refractivity contribution in [1.29, 1.82) is 0 Å². The summed E-state index contributed by atoms with van der Waals surface area (Å²) < 4.78 is 10.7. The first kappa shape index (κ1) is 22.5. The van der Waals surface area contributed by atoms with Crippen molar-refractivity contribution < 1.29 is 24.2 Å². The van der Waals surface area contributed by atoms with Crippen LogP contribution in [0.3, 0.4) is 0 Å². The smallest absolute Gasteiger partial charge is 0.411 e. The minimum atomic E-state index is -0.729. The lowest BCUT2D eigenvalue weighted by Gasteiger charge is -2.28. The average Bonchev–Trinajstić information content (AvgIpc) is 3.09. The second-order valence-corrected chi connectivity index (χ2v) is 8.96. The number of aliphatic hydroxyl groups excluding tert-OH is 1. The predicted octanol–water partition coefficient (Wildman–Crippen LogP) is 1.51. The van der Waals surface area contributed by atoms with Crippen LogP contribution in [0.4, 0.5) is 4.79 Å². The molecule has 2 aliphatic rings. The van der Waals surface area contributed by atoms with Crippen LogP contribution in [-0.2, 0) is 27.4 Å². The number of benzene rings is 1. The van der Waals surface area contributed by atoms with Crippen LogP contribution in [-0.4, -0.2) is 77.5 Å². The first-order valence-electron chi connectivity index (χ1n) is 10.5. The fraction of sp³-hybridized carbons (Fsp3) is 0.636. The summed E-state index contributed by atoms with van der Waals surface area (Å²) in [5, 5.41) is 12.9. The number of likely N-dealkylation sites (tertiary alicyclic amines) is 1. The molecule has 166 valence electrons. The molecule has 0 radical (unpaired) electrons. The van der Waals surface area contributed by atoms with E-state index in [9.17, 15) is 14.7 Å². The molecular weight excluding hydrogens is 386 g/mol. The first-order chi connectivity index (χ1) is 14.2. The van der Waals surface area contributed by atoms with E-state index in [1.165, 1.54) is 10.5 Å². The molecule has 30 heavy (non-hydrogen) atoms. The van der Waals surface area contributed by atoms with Gasteiger partial charge in [0, 0.05) is 32.6 Å². The Kier molecular flexibility index (Phi) is 7.33. The highest BCUT2D eigenvalue weighted by Gasteiger charge is 2.40. The number of rotatable bonds is 5. The topological polar surface area (TPSA) is 91.3 Å². The quantitative estimate of drug-likeness (QED) is 0.752. The zero-order valence-corrected chi connectivity index (χ0v) is 18.1. The summed E-state index contributed by atoms with van der Waals surface area (Å²) in [4.78, 5) is 28.8. The van der Waals surface area contributed by atoms with Crippen LogP contribution < -0.4 is 5.32 Å². The van der Waals surface area contributed by atoms with Gasteiger partial charge in [0.25, 0.3) is 0 Å². The van der Waals surface area contributed by atoms with Crippen LogP contribution in [0.2, 0.25) is 0 Å². The number of amides is 2. The monoisotopic (exact) mass is 419 g/mol. The lowest BCUT2D eigenvalue weighted by molar-refractivity contribution is -0.125. The first-order valence-corrected chi connectivity index (χ1v) is 10.5. The maximum Gasteiger partial charge on any atom is 0.411 e. The minimum absolute atomic E-state index is 0.100. The van der Waals surface area contributed by atoms with Gasteiger partial charge in [-0.2, -0.15) is 0 Å². The maximum absolute atomic E-state index is 12.7. The minimum Gasteiger partial charge on any atom is -0.444 e. The van der Waals surface area contributed by atoms with Crippen LogP contribution >= 0.6 is 0 Å². The Morgan fingerprint density at radius 3 is 2.43 bits per heavy atom. The highest BCUT2D eigenvalue weighted by atomic mass is 16.6. The van der Waals surface area contributed by atoms with Crippen molar-refractivity contribution in [3.8, 4) is 0 Å². The van der Waals surface area contributed by atoms with Crippen molar-refractivity contribution in [2.75, 3.05) is 32.8 Å². The molecule has 2 amide bonds.